The second-order valence-corrected chi connectivity index (χ2v) is 4.08. The third-order valence-corrected chi connectivity index (χ3v) is 2.69. The Morgan fingerprint density at radius 3 is 2.67 bits per heavy atom. The van der Waals surface area contributed by atoms with Crippen LogP contribution < -0.4 is 10.6 Å². The average molecular weight is 259 g/mol. The summed E-state index contributed by atoms with van der Waals surface area (Å²) in [7, 11) is 1.27. The summed E-state index contributed by atoms with van der Waals surface area (Å²) in [6, 6.07) is -1.55. The van der Waals surface area contributed by atoms with Crippen LogP contribution in [0.15, 0.2) is 0 Å². The van der Waals surface area contributed by atoms with Crippen LogP contribution in [-0.4, -0.2) is 60.4 Å². The molecule has 2 atom stereocenters. The summed E-state index contributed by atoms with van der Waals surface area (Å²) >= 11 is 0. The minimum atomic E-state index is -1.09. The number of hydrogen-bond donors (Lipinski definition) is 3. The van der Waals surface area contributed by atoms with Crippen molar-refractivity contribution in [2.24, 2.45) is 0 Å². The Hall–Kier alpha value is -1.99. The van der Waals surface area contributed by atoms with Gasteiger partial charge in [0, 0.05) is 13.1 Å². The van der Waals surface area contributed by atoms with Gasteiger partial charge in [-0.2, -0.15) is 0 Å². The van der Waals surface area contributed by atoms with Crippen LogP contribution in [0.2, 0.25) is 0 Å². The molecule has 0 radical (unpaired) electrons. The monoisotopic (exact) mass is 259 g/mol. The molecule has 102 valence electrons. The Bertz CT molecular complexity index is 346. The minimum absolute atomic E-state index is 0.164. The number of hydrogen-bond acceptors (Lipinski definition) is 4. The highest BCUT2D eigenvalue weighted by molar-refractivity contribution is 5.82. The Labute approximate surface area is 104 Å². The van der Waals surface area contributed by atoms with Gasteiger partial charge in [0.1, 0.15) is 6.04 Å². The molecule has 3 N–H and O–H groups in total. The van der Waals surface area contributed by atoms with Crippen LogP contribution in [0.3, 0.4) is 0 Å². The predicted molar refractivity (Wildman–Crippen MR) is 61.1 cm³/mol. The highest BCUT2D eigenvalue weighted by atomic mass is 16.5. The van der Waals surface area contributed by atoms with E-state index in [-0.39, 0.29) is 6.04 Å². The number of nitrogens with zero attached hydrogens (tertiary/aromatic N) is 1. The molecule has 8 nitrogen and oxygen atoms in total. The first-order valence-electron chi connectivity index (χ1n) is 5.56. The second kappa shape index (κ2) is 6.08. The quantitative estimate of drug-likeness (QED) is 0.639. The van der Waals surface area contributed by atoms with Gasteiger partial charge in [0.15, 0.2) is 0 Å². The number of carbonyl (C=O) groups is 3. The fraction of sp³-hybridized carbons (Fsp3) is 0.700. The van der Waals surface area contributed by atoms with Crippen LogP contribution in [0.4, 0.5) is 9.59 Å². The summed E-state index contributed by atoms with van der Waals surface area (Å²) in [5.74, 6) is -1.09. The van der Waals surface area contributed by atoms with E-state index in [1.165, 1.54) is 18.9 Å². The number of ether oxygens (including phenoxy) is 1. The zero-order valence-corrected chi connectivity index (χ0v) is 10.3. The molecule has 0 bridgehead atoms. The van der Waals surface area contributed by atoms with Gasteiger partial charge in [-0.15, -0.1) is 0 Å². The molecule has 0 aliphatic carbocycles. The fourth-order valence-corrected chi connectivity index (χ4v) is 1.63. The summed E-state index contributed by atoms with van der Waals surface area (Å²) in [5, 5.41) is 13.6. The highest BCUT2D eigenvalue weighted by Crippen LogP contribution is 2.09. The number of rotatable bonds is 3. The number of alkyl carbamates (subject to hydrolysis) is 1. The van der Waals surface area contributed by atoms with Gasteiger partial charge < -0.3 is 25.4 Å². The molecule has 0 spiro atoms. The first kappa shape index (κ1) is 14.1. The fourth-order valence-electron chi connectivity index (χ4n) is 1.63. The zero-order valence-electron chi connectivity index (χ0n) is 10.3. The van der Waals surface area contributed by atoms with E-state index in [0.717, 1.165) is 0 Å². The highest BCUT2D eigenvalue weighted by Gasteiger charge is 2.28. The van der Waals surface area contributed by atoms with E-state index >= 15 is 0 Å². The molecule has 18 heavy (non-hydrogen) atoms. The third kappa shape index (κ3) is 3.79. The summed E-state index contributed by atoms with van der Waals surface area (Å²) < 4.78 is 4.46. The molecule has 0 aromatic carbocycles. The van der Waals surface area contributed by atoms with Crippen LogP contribution in [-0.2, 0) is 9.53 Å². The molecule has 0 aromatic rings. The topological polar surface area (TPSA) is 108 Å². The van der Waals surface area contributed by atoms with Crippen LogP contribution in [0.25, 0.3) is 0 Å². The van der Waals surface area contributed by atoms with E-state index in [1.807, 2.05) is 0 Å². The largest absolute Gasteiger partial charge is 0.480 e. The van der Waals surface area contributed by atoms with E-state index < -0.39 is 24.1 Å². The van der Waals surface area contributed by atoms with Gasteiger partial charge in [-0.3, -0.25) is 4.79 Å². The first-order valence-corrected chi connectivity index (χ1v) is 5.56. The Kier molecular flexibility index (Phi) is 4.75. The summed E-state index contributed by atoms with van der Waals surface area (Å²) in [6.07, 6.45) is 0.0745. The van der Waals surface area contributed by atoms with E-state index in [9.17, 15) is 14.4 Å². The van der Waals surface area contributed by atoms with E-state index in [0.29, 0.717) is 19.5 Å². The lowest BCUT2D eigenvalue weighted by molar-refractivity contribution is -0.138. The number of urea groups is 1. The van der Waals surface area contributed by atoms with Crippen molar-refractivity contribution < 1.29 is 24.2 Å². The predicted octanol–water partition coefficient (Wildman–Crippen LogP) is -0.401. The molecule has 0 saturated carbocycles. The number of amides is 3. The molecule has 1 fully saturated rings. The lowest BCUT2D eigenvalue weighted by Crippen LogP contribution is -2.47. The normalized spacial score (nSPS) is 20.1. The van der Waals surface area contributed by atoms with E-state index in [1.54, 1.807) is 0 Å². The van der Waals surface area contributed by atoms with Gasteiger partial charge in [0.25, 0.3) is 0 Å². The lowest BCUT2D eigenvalue weighted by atomic mass is 10.3. The molecule has 1 saturated heterocycles. The Balaban J connectivity index is 2.39. The smallest absolute Gasteiger partial charge is 0.407 e. The van der Waals surface area contributed by atoms with E-state index in [2.05, 4.69) is 15.4 Å². The summed E-state index contributed by atoms with van der Waals surface area (Å²) in [5.41, 5.74) is 0. The van der Waals surface area contributed by atoms with Crippen molar-refractivity contribution in [2.75, 3.05) is 20.2 Å². The van der Waals surface area contributed by atoms with Crippen molar-refractivity contribution in [3.8, 4) is 0 Å². The Morgan fingerprint density at radius 1 is 1.44 bits per heavy atom. The molecular formula is C10H17N3O5. The molecule has 1 aliphatic rings. The third-order valence-electron chi connectivity index (χ3n) is 2.69. The van der Waals surface area contributed by atoms with Crippen molar-refractivity contribution in [2.45, 2.75) is 25.4 Å². The van der Waals surface area contributed by atoms with Crippen molar-refractivity contribution >= 4 is 18.1 Å². The number of carboxylic acid groups (broad SMARTS) is 1. The van der Waals surface area contributed by atoms with Crippen LogP contribution in [0, 0.1) is 0 Å². The molecule has 1 heterocycles. The molecule has 1 aliphatic heterocycles. The Morgan fingerprint density at radius 2 is 2.11 bits per heavy atom. The van der Waals surface area contributed by atoms with Gasteiger partial charge in [0.2, 0.25) is 0 Å². The minimum Gasteiger partial charge on any atom is -0.480 e. The standard InChI is InChI=1S/C10H17N3O5/c1-6(8(14)15)11-9(16)13-4-3-7(5-13)12-10(17)18-2/h6-7H,3-5H2,1-2H3,(H,11,16)(H,12,17)(H,14,15). The maximum absolute atomic E-state index is 11.7. The number of carboxylic acids is 1. The van der Waals surface area contributed by atoms with Crippen LogP contribution in [0.5, 0.6) is 0 Å². The van der Waals surface area contributed by atoms with Gasteiger partial charge in [0.05, 0.1) is 13.2 Å². The molecule has 0 aromatic heterocycles. The van der Waals surface area contributed by atoms with Crippen molar-refractivity contribution in [3.63, 3.8) is 0 Å². The van der Waals surface area contributed by atoms with Gasteiger partial charge in [-0.1, -0.05) is 0 Å². The lowest BCUT2D eigenvalue weighted by Gasteiger charge is -2.19. The van der Waals surface area contributed by atoms with Crippen LogP contribution in [0.1, 0.15) is 13.3 Å². The van der Waals surface area contributed by atoms with Gasteiger partial charge >= 0.3 is 18.1 Å². The summed E-state index contributed by atoms with van der Waals surface area (Å²) in [6.45, 7) is 2.20. The molecule has 8 heteroatoms. The van der Waals surface area contributed by atoms with E-state index in [4.69, 9.17) is 5.11 Å². The number of likely N-dealkylation sites (tertiary alicyclic amines) is 1. The number of carbonyl (C=O) groups excluding carboxylic acids is 2. The number of aliphatic carboxylic acids is 1. The van der Waals surface area contributed by atoms with Crippen LogP contribution >= 0.6 is 0 Å². The van der Waals surface area contributed by atoms with Crippen molar-refractivity contribution in [3.05, 3.63) is 0 Å². The zero-order chi connectivity index (χ0) is 13.7. The molecule has 3 amide bonds. The molecule has 2 unspecified atom stereocenters. The van der Waals surface area contributed by atoms with Crippen molar-refractivity contribution in [1.29, 1.82) is 0 Å². The maximum Gasteiger partial charge on any atom is 0.407 e. The van der Waals surface area contributed by atoms with Crippen molar-refractivity contribution in [1.82, 2.24) is 15.5 Å². The van der Waals surface area contributed by atoms with Gasteiger partial charge in [-0.25, -0.2) is 9.59 Å². The van der Waals surface area contributed by atoms with Gasteiger partial charge in [-0.05, 0) is 13.3 Å². The SMILES string of the molecule is COC(=O)NC1CCN(C(=O)NC(C)C(=O)O)C1. The number of nitrogens with one attached hydrogen (secondary N) is 2. The maximum atomic E-state index is 11.7. The average Bonchev–Trinajstić information content (AvgIpc) is 2.77. The summed E-state index contributed by atoms with van der Waals surface area (Å²) in [4.78, 5) is 34.7. The molecular weight excluding hydrogens is 242 g/mol. The number of methoxy groups -OCH3 is 1. The first-order chi connectivity index (χ1) is 8.43. The molecule has 1 rings (SSSR count). The second-order valence-electron chi connectivity index (χ2n) is 4.08.